The van der Waals surface area contributed by atoms with E-state index in [4.69, 9.17) is 18.9 Å². The van der Waals surface area contributed by atoms with E-state index in [1.54, 1.807) is 13.8 Å². The fourth-order valence-corrected chi connectivity index (χ4v) is 9.06. The van der Waals surface area contributed by atoms with Crippen LogP contribution in [-0.4, -0.2) is 116 Å². The van der Waals surface area contributed by atoms with Gasteiger partial charge >= 0.3 is 5.97 Å². The molecule has 0 radical (unpaired) electrons. The molecule has 15 unspecified atom stereocenters. The van der Waals surface area contributed by atoms with Crippen LogP contribution in [0, 0.1) is 28.6 Å². The van der Waals surface area contributed by atoms with E-state index >= 15 is 0 Å². The van der Waals surface area contributed by atoms with Crippen molar-refractivity contribution in [1.29, 1.82) is 0 Å². The summed E-state index contributed by atoms with van der Waals surface area (Å²) >= 11 is 0. The summed E-state index contributed by atoms with van der Waals surface area (Å²) in [7, 11) is 0. The molecule has 0 amide bonds. The molecule has 15 atom stereocenters. The molecule has 2 saturated carbocycles. The number of esters is 1. The van der Waals surface area contributed by atoms with Gasteiger partial charge in [0.25, 0.3) is 0 Å². The number of ether oxygens (including phenoxy) is 4. The highest BCUT2D eigenvalue weighted by atomic mass is 16.8. The maximum Gasteiger partial charge on any atom is 0.306 e. The SMILES string of the molecule is CC1=C2CC3OC(=O)CC4C(C)C(O)C5(OC6OC(CO)C(O)C(O)C6O)OCC34C5C2(C)C(O)C(O)C1. The predicted octanol–water partition coefficient (Wildman–Crippen LogP) is -2.07. The largest absolute Gasteiger partial charge is 0.461 e. The second-order valence-corrected chi connectivity index (χ2v) is 12.4. The summed E-state index contributed by atoms with van der Waals surface area (Å²) in [5.74, 6) is -4.06. The van der Waals surface area contributed by atoms with Gasteiger partial charge in [0.15, 0.2) is 6.29 Å². The Balaban J connectivity index is 1.53. The number of hydrogen-bond donors (Lipinski definition) is 7. The van der Waals surface area contributed by atoms with Gasteiger partial charge in [-0.2, -0.15) is 0 Å². The number of hydrogen-bond acceptors (Lipinski definition) is 12. The van der Waals surface area contributed by atoms with Gasteiger partial charge in [-0.15, -0.1) is 0 Å². The molecule has 6 rings (SSSR count). The van der Waals surface area contributed by atoms with Crippen molar-refractivity contribution in [3.8, 4) is 0 Å². The van der Waals surface area contributed by atoms with Gasteiger partial charge in [-0.3, -0.25) is 4.79 Å². The van der Waals surface area contributed by atoms with Gasteiger partial charge in [0.2, 0.25) is 5.79 Å². The number of fused-ring (bicyclic) bond motifs is 1. The van der Waals surface area contributed by atoms with Crippen LogP contribution in [0.3, 0.4) is 0 Å². The molecule has 0 aromatic heterocycles. The lowest BCUT2D eigenvalue weighted by atomic mass is 9.39. The fourth-order valence-electron chi connectivity index (χ4n) is 9.06. The molecule has 3 heterocycles. The van der Waals surface area contributed by atoms with E-state index in [9.17, 15) is 40.5 Å². The zero-order valence-corrected chi connectivity index (χ0v) is 21.6. The first kappa shape index (κ1) is 27.0. The first-order valence-electron chi connectivity index (χ1n) is 13.4. The van der Waals surface area contributed by atoms with Crippen LogP contribution in [0.5, 0.6) is 0 Å². The third-order valence-electron chi connectivity index (χ3n) is 10.8. The van der Waals surface area contributed by atoms with Crippen LogP contribution in [-0.2, 0) is 23.7 Å². The third-order valence-corrected chi connectivity index (χ3v) is 10.8. The van der Waals surface area contributed by atoms with Gasteiger partial charge in [0.05, 0.1) is 25.4 Å². The lowest BCUT2D eigenvalue weighted by molar-refractivity contribution is -0.410. The van der Waals surface area contributed by atoms with E-state index in [2.05, 4.69) is 0 Å². The Morgan fingerprint density at radius 1 is 1.00 bits per heavy atom. The van der Waals surface area contributed by atoms with Crippen molar-refractivity contribution < 1.29 is 59.5 Å². The topological polar surface area (TPSA) is 196 Å². The van der Waals surface area contributed by atoms with Crippen molar-refractivity contribution >= 4 is 5.97 Å². The summed E-state index contributed by atoms with van der Waals surface area (Å²) < 4.78 is 24.4. The van der Waals surface area contributed by atoms with E-state index in [1.165, 1.54) is 0 Å². The van der Waals surface area contributed by atoms with Crippen molar-refractivity contribution in [2.45, 2.75) is 101 Å². The summed E-state index contributed by atoms with van der Waals surface area (Å²) in [5, 5.41) is 75.5. The number of carbonyl (C=O) groups is 1. The highest BCUT2D eigenvalue weighted by Crippen LogP contribution is 2.74. The molecule has 3 aliphatic carbocycles. The van der Waals surface area contributed by atoms with Gasteiger partial charge in [-0.1, -0.05) is 25.0 Å². The van der Waals surface area contributed by atoms with Gasteiger partial charge in [-0.05, 0) is 25.2 Å². The van der Waals surface area contributed by atoms with Crippen molar-refractivity contribution in [2.75, 3.05) is 13.2 Å². The zero-order chi connectivity index (χ0) is 27.5. The van der Waals surface area contributed by atoms with E-state index in [0.29, 0.717) is 6.42 Å². The van der Waals surface area contributed by atoms with Crippen LogP contribution >= 0.6 is 0 Å². The molecule has 1 spiro atoms. The molecule has 0 aromatic carbocycles. The average molecular weight is 543 g/mol. The summed E-state index contributed by atoms with van der Waals surface area (Å²) in [6.45, 7) is 4.80. The molecule has 3 aliphatic heterocycles. The summed E-state index contributed by atoms with van der Waals surface area (Å²) in [5.41, 5.74) is -0.430. The van der Waals surface area contributed by atoms with Crippen LogP contribution in [0.15, 0.2) is 11.1 Å². The first-order valence-corrected chi connectivity index (χ1v) is 13.4. The highest BCUT2D eigenvalue weighted by molar-refractivity contribution is 5.72. The van der Waals surface area contributed by atoms with Crippen molar-refractivity contribution in [3.63, 3.8) is 0 Å². The third kappa shape index (κ3) is 3.13. The number of carbonyl (C=O) groups excluding carboxylic acids is 1. The number of aliphatic hydroxyl groups excluding tert-OH is 7. The maximum absolute atomic E-state index is 12.7. The summed E-state index contributed by atoms with van der Waals surface area (Å²) in [4.78, 5) is 12.7. The van der Waals surface area contributed by atoms with E-state index in [1.807, 2.05) is 6.92 Å². The van der Waals surface area contributed by atoms with Crippen LogP contribution in [0.2, 0.25) is 0 Å². The summed E-state index contributed by atoms with van der Waals surface area (Å²) in [6, 6.07) is 0. The Labute approximate surface area is 219 Å². The van der Waals surface area contributed by atoms with E-state index in [-0.39, 0.29) is 31.3 Å². The first-order chi connectivity index (χ1) is 17.8. The molecule has 5 fully saturated rings. The summed E-state index contributed by atoms with van der Waals surface area (Å²) in [6.07, 6.45) is -11.7. The molecular weight excluding hydrogens is 504 g/mol. The van der Waals surface area contributed by atoms with E-state index < -0.39 is 90.2 Å². The minimum atomic E-state index is -1.91. The quantitative estimate of drug-likeness (QED) is 0.152. The molecule has 7 N–H and O–H groups in total. The molecule has 214 valence electrons. The second-order valence-electron chi connectivity index (χ2n) is 12.4. The van der Waals surface area contributed by atoms with Crippen molar-refractivity contribution in [2.24, 2.45) is 28.6 Å². The van der Waals surface area contributed by atoms with Gasteiger partial charge < -0.3 is 54.7 Å². The van der Waals surface area contributed by atoms with Crippen molar-refractivity contribution in [3.05, 3.63) is 11.1 Å². The molecule has 12 heteroatoms. The number of rotatable bonds is 3. The van der Waals surface area contributed by atoms with Gasteiger partial charge in [0, 0.05) is 29.6 Å². The van der Waals surface area contributed by atoms with Crippen LogP contribution < -0.4 is 0 Å². The lowest BCUT2D eigenvalue weighted by Crippen LogP contribution is -2.76. The Morgan fingerprint density at radius 2 is 1.71 bits per heavy atom. The van der Waals surface area contributed by atoms with Crippen LogP contribution in [0.4, 0.5) is 0 Å². The normalized spacial score (nSPS) is 57.8. The molecule has 2 bridgehead atoms. The maximum atomic E-state index is 12.7. The second kappa shape index (κ2) is 8.65. The molecule has 3 saturated heterocycles. The zero-order valence-electron chi connectivity index (χ0n) is 21.6. The molecule has 38 heavy (non-hydrogen) atoms. The minimum absolute atomic E-state index is 0.0177. The Hall–Kier alpha value is -1.19. The molecule has 6 aliphatic rings. The highest BCUT2D eigenvalue weighted by Gasteiger charge is 2.82. The molecular formula is C26H38O12. The average Bonchev–Trinajstić information content (AvgIpc) is 3.20. The molecule has 12 nitrogen and oxygen atoms in total. The standard InChI is InChI=1S/C26H38O12/c1-9-4-13(28)21(34)24(3)11(9)5-15-25-8-35-26(23(24)25,20(33)10(2)12(25)6-16(29)37-15)38-22-19(32)18(31)17(30)14(7-27)36-22/h10,12-15,17-23,27-28,30-34H,4-8H2,1-3H3. The van der Waals surface area contributed by atoms with Crippen LogP contribution in [0.25, 0.3) is 0 Å². The monoisotopic (exact) mass is 542 g/mol. The fraction of sp³-hybridized carbons (Fsp3) is 0.885. The lowest BCUT2D eigenvalue weighted by Gasteiger charge is -2.67. The van der Waals surface area contributed by atoms with E-state index in [0.717, 1.165) is 11.1 Å². The minimum Gasteiger partial charge on any atom is -0.461 e. The number of aliphatic hydroxyl groups is 7. The smallest absolute Gasteiger partial charge is 0.306 e. The Bertz CT molecular complexity index is 1030. The van der Waals surface area contributed by atoms with Gasteiger partial charge in [-0.25, -0.2) is 0 Å². The molecule has 0 aromatic rings. The van der Waals surface area contributed by atoms with Gasteiger partial charge in [0.1, 0.15) is 36.6 Å². The van der Waals surface area contributed by atoms with Crippen molar-refractivity contribution in [1.82, 2.24) is 0 Å². The predicted molar refractivity (Wildman–Crippen MR) is 125 cm³/mol. The Morgan fingerprint density at radius 3 is 2.39 bits per heavy atom. The van der Waals surface area contributed by atoms with Crippen LogP contribution in [0.1, 0.15) is 40.0 Å². The Kier molecular flexibility index (Phi) is 6.15.